The fourth-order valence-electron chi connectivity index (χ4n) is 11.4. The molecule has 1 aliphatic carbocycles. The monoisotopic (exact) mass is 1280 g/mol. The van der Waals surface area contributed by atoms with Crippen molar-refractivity contribution in [3.63, 3.8) is 0 Å². The number of benzene rings is 6. The third kappa shape index (κ3) is 14.6. The van der Waals surface area contributed by atoms with Gasteiger partial charge in [0.2, 0.25) is 5.91 Å². The fraction of sp³-hybridized carbons (Fsp3) is 0.308. The first-order valence-electron chi connectivity index (χ1n) is 27.8. The molecule has 20 heteroatoms. The lowest BCUT2D eigenvalue weighted by Gasteiger charge is -2.38. The lowest BCUT2D eigenvalue weighted by Crippen LogP contribution is -2.49. The zero-order valence-electron chi connectivity index (χ0n) is 48.7. The lowest BCUT2D eigenvalue weighted by atomic mass is 9.76. The Bertz CT molecular complexity index is 3780. The molecule has 0 unspecified atom stereocenters. The Labute approximate surface area is 532 Å². The first kappa shape index (κ1) is 67.5. The van der Waals surface area contributed by atoms with Crippen LogP contribution < -0.4 is 26.3 Å². The van der Waals surface area contributed by atoms with Crippen LogP contribution in [0.4, 0.5) is 5.69 Å². The summed E-state index contributed by atoms with van der Waals surface area (Å²) in [5.41, 5.74) is 10.5. The highest BCUT2D eigenvalue weighted by Crippen LogP contribution is 2.45. The van der Waals surface area contributed by atoms with Crippen LogP contribution in [-0.4, -0.2) is 122 Å². The van der Waals surface area contributed by atoms with Crippen molar-refractivity contribution in [2.24, 2.45) is 0 Å². The number of fused-ring (bicyclic) bond motifs is 4. The number of unbranched alkanes of at least 4 members (excludes halogenated alkanes) is 1. The van der Waals surface area contributed by atoms with E-state index < -0.39 is 22.3 Å². The number of anilines is 1. The van der Waals surface area contributed by atoms with Crippen LogP contribution in [0, 0.1) is 0 Å². The Hall–Kier alpha value is -5.00. The Morgan fingerprint density at radius 2 is 1.18 bits per heavy atom. The Morgan fingerprint density at radius 3 is 1.69 bits per heavy atom. The van der Waals surface area contributed by atoms with Gasteiger partial charge < -0.3 is 30.3 Å². The van der Waals surface area contributed by atoms with E-state index in [4.69, 9.17) is 69.6 Å². The summed E-state index contributed by atoms with van der Waals surface area (Å²) in [6.07, 6.45) is 8.81. The number of ketones is 1. The summed E-state index contributed by atoms with van der Waals surface area (Å²) in [4.78, 5) is 32.1. The first-order chi connectivity index (χ1) is 39.7. The number of allylic oxidation sites excluding steroid dienone is 6. The summed E-state index contributed by atoms with van der Waals surface area (Å²) < 4.78 is 2.15. The van der Waals surface area contributed by atoms with Crippen LogP contribution in [0.15, 0.2) is 126 Å². The van der Waals surface area contributed by atoms with Gasteiger partial charge in [-0.05, 0) is 169 Å². The summed E-state index contributed by atoms with van der Waals surface area (Å²) in [7, 11) is 2.09. The molecule has 0 fully saturated rings. The minimum atomic E-state index is -2.34. The molecule has 5 N–H and O–H groups in total. The van der Waals surface area contributed by atoms with Gasteiger partial charge in [0.25, 0.3) is 0 Å². The second-order valence-electron chi connectivity index (χ2n) is 22.8. The van der Waals surface area contributed by atoms with Gasteiger partial charge in [-0.25, -0.2) is 4.58 Å². The van der Waals surface area contributed by atoms with Gasteiger partial charge in [0.1, 0.15) is 22.2 Å². The predicted molar refractivity (Wildman–Crippen MR) is 363 cm³/mol. The molecular formula is C65H74B2Cl6N5O6Si+. The molecule has 1 amide bonds. The van der Waals surface area contributed by atoms with Gasteiger partial charge in [-0.1, -0.05) is 146 Å². The van der Waals surface area contributed by atoms with Crippen molar-refractivity contribution in [1.29, 1.82) is 0 Å². The largest absolute Gasteiger partial charge is 0.488 e. The maximum absolute atomic E-state index is 12.9. The highest BCUT2D eigenvalue weighted by molar-refractivity contribution is 6.98. The van der Waals surface area contributed by atoms with Crippen molar-refractivity contribution in [2.75, 3.05) is 52.7 Å². The van der Waals surface area contributed by atoms with Gasteiger partial charge >= 0.3 is 14.2 Å². The zero-order valence-corrected chi connectivity index (χ0v) is 54.2. The number of hydrogen-bond acceptors (Lipinski definition) is 9. The molecule has 446 valence electrons. The van der Waals surface area contributed by atoms with E-state index in [1.54, 1.807) is 13.8 Å². The third-order valence-electron chi connectivity index (χ3n) is 16.1. The number of amides is 1. The van der Waals surface area contributed by atoms with E-state index in [1.807, 2.05) is 12.1 Å². The van der Waals surface area contributed by atoms with Crippen molar-refractivity contribution >= 4 is 158 Å². The summed E-state index contributed by atoms with van der Waals surface area (Å²) in [5.74, 6) is -0.271. The van der Waals surface area contributed by atoms with Gasteiger partial charge in [-0.3, -0.25) is 19.4 Å². The normalized spacial score (nSPS) is 13.5. The predicted octanol–water partition coefficient (Wildman–Crippen LogP) is 11.9. The minimum Gasteiger partial charge on any atom is -0.423 e. The summed E-state index contributed by atoms with van der Waals surface area (Å²) >= 11 is 40.5. The Morgan fingerprint density at radius 1 is 0.647 bits per heavy atom. The van der Waals surface area contributed by atoms with Crippen LogP contribution in [-0.2, 0) is 35.8 Å². The van der Waals surface area contributed by atoms with E-state index >= 15 is 0 Å². The summed E-state index contributed by atoms with van der Waals surface area (Å²) in [6.45, 7) is 18.0. The topological polar surface area (TPSA) is 140 Å². The molecule has 0 radical (unpaired) electrons. The van der Waals surface area contributed by atoms with Crippen LogP contribution in [0.3, 0.4) is 0 Å². The molecule has 2 aliphatic rings. The van der Waals surface area contributed by atoms with Gasteiger partial charge in [0.05, 0.1) is 30.1 Å². The second-order valence-corrected chi connectivity index (χ2v) is 29.5. The minimum absolute atomic E-state index is 0. The molecule has 0 bridgehead atoms. The van der Waals surface area contributed by atoms with Crippen LogP contribution in [0.25, 0.3) is 27.1 Å². The van der Waals surface area contributed by atoms with E-state index in [1.165, 1.54) is 33.7 Å². The number of hydrogen-bond donors (Lipinski definition) is 5. The Kier molecular flexibility index (Phi) is 22.6. The third-order valence-corrected chi connectivity index (χ3v) is 22.2. The maximum atomic E-state index is 12.9. The Balaban J connectivity index is 0.0000104. The molecule has 0 saturated carbocycles. The molecule has 11 nitrogen and oxygen atoms in total. The van der Waals surface area contributed by atoms with E-state index in [-0.39, 0.29) is 73.3 Å². The van der Waals surface area contributed by atoms with E-state index in [0.29, 0.717) is 80.7 Å². The van der Waals surface area contributed by atoms with Gasteiger partial charge in [0, 0.05) is 83.2 Å². The van der Waals surface area contributed by atoms with Crippen LogP contribution in [0.5, 0.6) is 0 Å². The molecule has 1 aliphatic heterocycles. The lowest BCUT2D eigenvalue weighted by molar-refractivity contribution is -0.462. The number of rotatable bonds is 23. The van der Waals surface area contributed by atoms with Gasteiger partial charge in [0.15, 0.2) is 11.5 Å². The molecular weight excluding hydrogens is 1210 g/mol. The second kappa shape index (κ2) is 28.4. The summed E-state index contributed by atoms with van der Waals surface area (Å²) in [5, 5.41) is 53.1. The highest BCUT2D eigenvalue weighted by Gasteiger charge is 2.41. The number of nitrogens with zero attached hydrogens (tertiary/aromatic N) is 4. The number of nitrogens with one attached hydrogen (secondary N) is 1. The van der Waals surface area contributed by atoms with E-state index in [0.717, 1.165) is 55.2 Å². The van der Waals surface area contributed by atoms with Crippen molar-refractivity contribution in [3.8, 4) is 0 Å². The molecule has 0 spiro atoms. The number of halogens is 6. The van der Waals surface area contributed by atoms with Crippen molar-refractivity contribution in [2.45, 2.75) is 86.2 Å². The van der Waals surface area contributed by atoms with Crippen molar-refractivity contribution < 1.29 is 34.3 Å². The molecule has 6 aromatic rings. The number of Topliss-reactive ketones (excluding diaryl/α,β-unsaturated/α-hetero) is 1. The number of carbonyl (C=O) groups excluding carboxylic acids is 2. The highest BCUT2D eigenvalue weighted by atomic mass is 35.5. The standard InChI is InChI=1S/C64H69B2Cl6N5O6Si.CH4/c1-37(2)56(78)18-13-14-26-76(35-50-52(65(80)81)31-54(67)62(71)60(50)69)34-49-43-17-12-11-16-42(43)48(33-77(27-15-25-73-64(79)38(3)4)36-51-53(66(82)83)32-55(68)63(72)61(51)70)44-22-19-39(28-47(44)49)59-45-23-20-40(74(5)6)29-57(45)84(9,10)58-30-41(75(7)8)21-24-46(58)59;/h11-12,16-17,19-24,28-32,80-83H,1,3,13-15,18,25-27,33-36H2,2,4-10H3;1H4/p+1. The smallest absolute Gasteiger partial charge is 0.423 e. The summed E-state index contributed by atoms with van der Waals surface area (Å²) in [6, 6.07) is 24.6. The zero-order chi connectivity index (χ0) is 61.2. The average Bonchev–Trinajstić information content (AvgIpc) is 0.962. The first-order valence-corrected chi connectivity index (χ1v) is 33.1. The quantitative estimate of drug-likeness (QED) is 0.0106. The van der Waals surface area contributed by atoms with Gasteiger partial charge in [-0.2, -0.15) is 0 Å². The molecule has 0 atom stereocenters. The van der Waals surface area contributed by atoms with Crippen LogP contribution in [0.2, 0.25) is 43.2 Å². The maximum Gasteiger partial charge on any atom is 0.488 e. The van der Waals surface area contributed by atoms with E-state index in [2.05, 4.69) is 146 Å². The molecule has 6 aromatic carbocycles. The van der Waals surface area contributed by atoms with E-state index in [9.17, 15) is 29.7 Å². The fourth-order valence-corrected chi connectivity index (χ4v) is 15.9. The van der Waals surface area contributed by atoms with Gasteiger partial charge in [-0.15, -0.1) is 0 Å². The number of carbonyl (C=O) groups is 2. The van der Waals surface area contributed by atoms with Crippen LogP contribution >= 0.6 is 69.6 Å². The van der Waals surface area contributed by atoms with Crippen molar-refractivity contribution in [1.82, 2.24) is 15.1 Å². The molecule has 8 rings (SSSR count). The molecule has 0 saturated heterocycles. The molecule has 1 heterocycles. The molecule has 85 heavy (non-hydrogen) atoms. The van der Waals surface area contributed by atoms with Crippen molar-refractivity contribution in [3.05, 3.63) is 190 Å². The average molecular weight is 1280 g/mol. The molecule has 0 aromatic heterocycles. The SMILES string of the molecule is C.C=C(C)C(=O)CCCCN(Cc1c(B(O)O)cc(Cl)c(Cl)c1Cl)Cc1c2ccccc2c(CN(CCCNC(=O)C(=C)C)Cc2c(B(O)O)cc(Cl)c(Cl)c2Cl)c2ccc(C3=C4C=CC(=[N+](C)C)C=C4[Si](C)(C)c4cc(N(C)C)ccc43)cc12. The van der Waals surface area contributed by atoms with Crippen LogP contribution in [0.1, 0.15) is 80.3 Å².